The number of nitrogens with one attached hydrogen (secondary N) is 2. The fourth-order valence-corrected chi connectivity index (χ4v) is 2.96. The van der Waals surface area contributed by atoms with E-state index in [0.29, 0.717) is 0 Å². The molecule has 0 saturated carbocycles. The number of fused-ring (bicyclic) bond motifs is 1. The van der Waals surface area contributed by atoms with Gasteiger partial charge in [-0.15, -0.1) is 0 Å². The summed E-state index contributed by atoms with van der Waals surface area (Å²) >= 11 is 0. The zero-order chi connectivity index (χ0) is 18.0. The zero-order valence-corrected chi connectivity index (χ0v) is 15.5. The Morgan fingerprint density at radius 3 is 3.04 bits per heavy atom. The number of rotatable bonds is 9. The first-order valence-electron chi connectivity index (χ1n) is 9.54. The molecule has 0 radical (unpaired) electrons. The van der Waals surface area contributed by atoms with Crippen molar-refractivity contribution >= 4 is 16.9 Å². The van der Waals surface area contributed by atoms with Crippen LogP contribution in [0.1, 0.15) is 25.5 Å². The van der Waals surface area contributed by atoms with Crippen LogP contribution >= 0.6 is 0 Å². The second-order valence-corrected chi connectivity index (χ2v) is 6.40. The normalized spacial score (nSPS) is 17.7. The molecule has 1 aromatic heterocycles. The molecular formula is C20H29N3O3. The minimum Gasteiger partial charge on any atom is -0.461 e. The van der Waals surface area contributed by atoms with Crippen LogP contribution < -0.4 is 10.6 Å². The molecule has 1 aliphatic rings. The number of hydrogen-bond acceptors (Lipinski definition) is 4. The van der Waals surface area contributed by atoms with Crippen LogP contribution in [0.25, 0.3) is 11.0 Å². The van der Waals surface area contributed by atoms with Crippen molar-refractivity contribution in [1.29, 1.82) is 0 Å². The number of aliphatic imine (C=N–C) groups is 1. The van der Waals surface area contributed by atoms with Crippen molar-refractivity contribution in [3.05, 3.63) is 36.1 Å². The molecule has 1 atom stereocenters. The lowest BCUT2D eigenvalue weighted by Gasteiger charge is -2.11. The first-order chi connectivity index (χ1) is 12.8. The van der Waals surface area contributed by atoms with Crippen molar-refractivity contribution in [1.82, 2.24) is 10.6 Å². The van der Waals surface area contributed by atoms with E-state index in [9.17, 15) is 0 Å². The molecule has 2 heterocycles. The molecule has 1 aromatic carbocycles. The van der Waals surface area contributed by atoms with E-state index in [2.05, 4.69) is 34.7 Å². The number of guanidine groups is 1. The van der Waals surface area contributed by atoms with Crippen LogP contribution in [0.5, 0.6) is 0 Å². The first kappa shape index (κ1) is 18.7. The third kappa shape index (κ3) is 5.75. The molecule has 1 fully saturated rings. The van der Waals surface area contributed by atoms with Crippen molar-refractivity contribution in [2.45, 2.75) is 32.3 Å². The molecule has 6 heteroatoms. The maximum absolute atomic E-state index is 5.84. The highest BCUT2D eigenvalue weighted by atomic mass is 16.5. The Bertz CT molecular complexity index is 659. The SMILES string of the molecule is CCNC(=NCCCOC1CCOC1)NCCc1cc2ccccc2o1. The maximum atomic E-state index is 5.84. The molecule has 0 amide bonds. The van der Waals surface area contributed by atoms with E-state index in [4.69, 9.17) is 13.9 Å². The summed E-state index contributed by atoms with van der Waals surface area (Å²) in [7, 11) is 0. The van der Waals surface area contributed by atoms with Crippen LogP contribution in [0.2, 0.25) is 0 Å². The summed E-state index contributed by atoms with van der Waals surface area (Å²) in [4.78, 5) is 4.60. The molecule has 1 aliphatic heterocycles. The summed E-state index contributed by atoms with van der Waals surface area (Å²) in [5.41, 5.74) is 0.940. The van der Waals surface area contributed by atoms with E-state index >= 15 is 0 Å². The van der Waals surface area contributed by atoms with Gasteiger partial charge < -0.3 is 24.5 Å². The standard InChI is InChI=1S/C20H29N3O3/c1-2-21-20(22-10-5-12-25-18-9-13-24-15-18)23-11-8-17-14-16-6-3-4-7-19(16)26-17/h3-4,6-7,14,18H,2,5,8-13,15H2,1H3,(H2,21,22,23). The van der Waals surface area contributed by atoms with Crippen LogP contribution in [0.3, 0.4) is 0 Å². The van der Waals surface area contributed by atoms with Gasteiger partial charge in [0.15, 0.2) is 5.96 Å². The van der Waals surface area contributed by atoms with Crippen LogP contribution in [0.15, 0.2) is 39.7 Å². The van der Waals surface area contributed by atoms with Gasteiger partial charge in [0.2, 0.25) is 0 Å². The number of ether oxygens (including phenoxy) is 2. The lowest BCUT2D eigenvalue weighted by molar-refractivity contribution is 0.0424. The topological polar surface area (TPSA) is 68.0 Å². The van der Waals surface area contributed by atoms with E-state index in [1.165, 1.54) is 0 Å². The molecule has 3 rings (SSSR count). The van der Waals surface area contributed by atoms with Gasteiger partial charge in [-0.05, 0) is 31.9 Å². The molecule has 2 N–H and O–H groups in total. The molecule has 2 aromatic rings. The summed E-state index contributed by atoms with van der Waals surface area (Å²) in [5.74, 6) is 1.83. The van der Waals surface area contributed by atoms with Crippen molar-refractivity contribution in [2.75, 3.05) is 39.5 Å². The van der Waals surface area contributed by atoms with Gasteiger partial charge in [-0.2, -0.15) is 0 Å². The highest BCUT2D eigenvalue weighted by Crippen LogP contribution is 2.18. The summed E-state index contributed by atoms with van der Waals surface area (Å²) in [6.45, 7) is 6.72. The monoisotopic (exact) mass is 359 g/mol. The van der Waals surface area contributed by atoms with E-state index < -0.39 is 0 Å². The Hall–Kier alpha value is -2.05. The summed E-state index contributed by atoms with van der Waals surface area (Å²) in [6, 6.07) is 10.2. The van der Waals surface area contributed by atoms with Gasteiger partial charge in [0.25, 0.3) is 0 Å². The van der Waals surface area contributed by atoms with Crippen molar-refractivity contribution in [3.63, 3.8) is 0 Å². The Labute approximate surface area is 155 Å². The predicted molar refractivity (Wildman–Crippen MR) is 104 cm³/mol. The minimum absolute atomic E-state index is 0.272. The average molecular weight is 359 g/mol. The van der Waals surface area contributed by atoms with Crippen LogP contribution in [-0.4, -0.2) is 51.5 Å². The highest BCUT2D eigenvalue weighted by molar-refractivity contribution is 5.80. The Balaban J connectivity index is 1.37. The van der Waals surface area contributed by atoms with Crippen LogP contribution in [0, 0.1) is 0 Å². The van der Waals surface area contributed by atoms with E-state index in [1.807, 2.05) is 18.2 Å². The molecule has 1 unspecified atom stereocenters. The van der Waals surface area contributed by atoms with Crippen molar-refractivity contribution < 1.29 is 13.9 Å². The van der Waals surface area contributed by atoms with E-state index in [0.717, 1.165) is 81.4 Å². The molecule has 6 nitrogen and oxygen atoms in total. The molecule has 142 valence electrons. The zero-order valence-electron chi connectivity index (χ0n) is 15.5. The second-order valence-electron chi connectivity index (χ2n) is 6.40. The third-order valence-electron chi connectivity index (χ3n) is 4.30. The lowest BCUT2D eigenvalue weighted by atomic mass is 10.2. The van der Waals surface area contributed by atoms with Crippen molar-refractivity contribution in [3.8, 4) is 0 Å². The molecule has 26 heavy (non-hydrogen) atoms. The summed E-state index contributed by atoms with van der Waals surface area (Å²) < 4.78 is 16.9. The van der Waals surface area contributed by atoms with Gasteiger partial charge in [0, 0.05) is 44.7 Å². The molecule has 0 bridgehead atoms. The Morgan fingerprint density at radius 2 is 2.23 bits per heavy atom. The van der Waals surface area contributed by atoms with Gasteiger partial charge in [-0.1, -0.05) is 18.2 Å². The number of benzene rings is 1. The van der Waals surface area contributed by atoms with Gasteiger partial charge in [0.05, 0.1) is 12.7 Å². The fourth-order valence-electron chi connectivity index (χ4n) is 2.96. The number of furan rings is 1. The third-order valence-corrected chi connectivity index (χ3v) is 4.30. The number of para-hydroxylation sites is 1. The van der Waals surface area contributed by atoms with E-state index in [1.54, 1.807) is 0 Å². The molecular weight excluding hydrogens is 330 g/mol. The largest absolute Gasteiger partial charge is 0.461 e. The van der Waals surface area contributed by atoms with Gasteiger partial charge in [-0.25, -0.2) is 0 Å². The predicted octanol–water partition coefficient (Wildman–Crippen LogP) is 2.73. The first-order valence-corrected chi connectivity index (χ1v) is 9.54. The number of nitrogens with zero attached hydrogens (tertiary/aromatic N) is 1. The smallest absolute Gasteiger partial charge is 0.191 e. The Morgan fingerprint density at radius 1 is 1.31 bits per heavy atom. The quantitative estimate of drug-likeness (QED) is 0.409. The second kappa shape index (κ2) is 10.2. The van der Waals surface area contributed by atoms with Gasteiger partial charge in [0.1, 0.15) is 11.3 Å². The molecule has 0 aliphatic carbocycles. The van der Waals surface area contributed by atoms with Crippen molar-refractivity contribution in [2.24, 2.45) is 4.99 Å². The summed E-state index contributed by atoms with van der Waals surface area (Å²) in [5, 5.41) is 7.79. The van der Waals surface area contributed by atoms with E-state index in [-0.39, 0.29) is 6.10 Å². The minimum atomic E-state index is 0.272. The molecule has 1 saturated heterocycles. The highest BCUT2D eigenvalue weighted by Gasteiger charge is 2.15. The number of hydrogen-bond donors (Lipinski definition) is 2. The van der Waals surface area contributed by atoms with Gasteiger partial charge in [-0.3, -0.25) is 4.99 Å². The lowest BCUT2D eigenvalue weighted by Crippen LogP contribution is -2.38. The molecule has 0 spiro atoms. The van der Waals surface area contributed by atoms with Gasteiger partial charge >= 0.3 is 0 Å². The van der Waals surface area contributed by atoms with Crippen LogP contribution in [-0.2, 0) is 15.9 Å². The van der Waals surface area contributed by atoms with Crippen LogP contribution in [0.4, 0.5) is 0 Å². The fraction of sp³-hybridized carbons (Fsp3) is 0.550. The Kier molecular flexibility index (Phi) is 7.34. The maximum Gasteiger partial charge on any atom is 0.191 e. The average Bonchev–Trinajstić information content (AvgIpc) is 3.30. The summed E-state index contributed by atoms with van der Waals surface area (Å²) in [6.07, 6.45) is 3.02.